The van der Waals surface area contributed by atoms with Crippen molar-refractivity contribution in [3.63, 3.8) is 0 Å². The van der Waals surface area contributed by atoms with Crippen molar-refractivity contribution in [3.05, 3.63) is 0 Å². The molecule has 0 heteroatoms. The lowest BCUT2D eigenvalue weighted by atomic mass is 9.86. The summed E-state index contributed by atoms with van der Waals surface area (Å²) in [7, 11) is 0. The summed E-state index contributed by atoms with van der Waals surface area (Å²) in [5, 5.41) is 0. The SMILES string of the molecule is CC(C)CC(C)(C)C.CCCCCCCCCC. The standard InChI is InChI=1S/C10H22.C8H18/c1-3-5-7-9-10-8-6-4-2;1-7(2)6-8(3,4)5/h3-10H2,1-2H3;7H,6H2,1-5H3. The first kappa shape index (κ1) is 20.3. The minimum atomic E-state index is 0.522. The van der Waals surface area contributed by atoms with E-state index < -0.39 is 0 Å². The number of unbranched alkanes of at least 4 members (excludes halogenated alkanes) is 7. The van der Waals surface area contributed by atoms with Gasteiger partial charge in [0.2, 0.25) is 0 Å². The molecular formula is C18H40. The van der Waals surface area contributed by atoms with Crippen molar-refractivity contribution in [1.29, 1.82) is 0 Å². The van der Waals surface area contributed by atoms with Crippen molar-refractivity contribution < 1.29 is 0 Å². The summed E-state index contributed by atoms with van der Waals surface area (Å²) >= 11 is 0. The van der Waals surface area contributed by atoms with Gasteiger partial charge in [-0.3, -0.25) is 0 Å². The van der Waals surface area contributed by atoms with Gasteiger partial charge in [0.15, 0.2) is 0 Å². The lowest BCUT2D eigenvalue weighted by molar-refractivity contribution is 0.320. The second kappa shape index (κ2) is 13.4. The Morgan fingerprint density at radius 1 is 0.667 bits per heavy atom. The van der Waals surface area contributed by atoms with E-state index >= 15 is 0 Å². The Labute approximate surface area is 118 Å². The molecule has 0 heterocycles. The van der Waals surface area contributed by atoms with Crippen LogP contribution in [0.3, 0.4) is 0 Å². The quantitative estimate of drug-likeness (QED) is 0.402. The van der Waals surface area contributed by atoms with Crippen molar-refractivity contribution in [2.24, 2.45) is 11.3 Å². The molecule has 0 fully saturated rings. The molecular weight excluding hydrogens is 216 g/mol. The van der Waals surface area contributed by atoms with E-state index in [0.29, 0.717) is 5.41 Å². The Morgan fingerprint density at radius 3 is 1.17 bits per heavy atom. The van der Waals surface area contributed by atoms with Gasteiger partial charge in [-0.05, 0) is 17.8 Å². The maximum atomic E-state index is 2.28. The predicted octanol–water partition coefficient (Wildman–Crippen LogP) is 7.23. The van der Waals surface area contributed by atoms with Crippen LogP contribution in [0.2, 0.25) is 0 Å². The van der Waals surface area contributed by atoms with Crippen LogP contribution in [-0.4, -0.2) is 0 Å². The lowest BCUT2D eigenvalue weighted by Crippen LogP contribution is -2.08. The monoisotopic (exact) mass is 256 g/mol. The van der Waals surface area contributed by atoms with E-state index in [1.165, 1.54) is 57.8 Å². The van der Waals surface area contributed by atoms with E-state index in [4.69, 9.17) is 0 Å². The maximum absolute atomic E-state index is 2.28. The highest BCUT2D eigenvalue weighted by atomic mass is 14.2. The Morgan fingerprint density at radius 2 is 1.00 bits per heavy atom. The Bertz CT molecular complexity index is 131. The van der Waals surface area contributed by atoms with Gasteiger partial charge in [-0.2, -0.15) is 0 Å². The molecule has 0 aromatic rings. The summed E-state index contributed by atoms with van der Waals surface area (Å²) in [6, 6.07) is 0. The maximum Gasteiger partial charge on any atom is -0.0380 e. The fraction of sp³-hybridized carbons (Fsp3) is 1.00. The van der Waals surface area contributed by atoms with Crippen LogP contribution in [0.1, 0.15) is 106 Å². The number of hydrogen-bond donors (Lipinski definition) is 0. The average molecular weight is 257 g/mol. The van der Waals surface area contributed by atoms with Crippen molar-refractivity contribution in [2.75, 3.05) is 0 Å². The van der Waals surface area contributed by atoms with Gasteiger partial charge in [0.25, 0.3) is 0 Å². The first-order chi connectivity index (χ1) is 8.33. The first-order valence-electron chi connectivity index (χ1n) is 8.33. The molecule has 0 spiro atoms. The van der Waals surface area contributed by atoms with E-state index in [1.54, 1.807) is 0 Å². The van der Waals surface area contributed by atoms with Gasteiger partial charge in [0, 0.05) is 0 Å². The minimum absolute atomic E-state index is 0.522. The zero-order chi connectivity index (χ0) is 14.4. The van der Waals surface area contributed by atoms with Gasteiger partial charge in [0.05, 0.1) is 0 Å². The van der Waals surface area contributed by atoms with Gasteiger partial charge in [-0.1, -0.05) is 99.8 Å². The van der Waals surface area contributed by atoms with E-state index in [0.717, 1.165) is 5.92 Å². The molecule has 0 bridgehead atoms. The van der Waals surface area contributed by atoms with Crippen LogP contribution >= 0.6 is 0 Å². The first-order valence-corrected chi connectivity index (χ1v) is 8.33. The summed E-state index contributed by atoms with van der Waals surface area (Å²) in [5.74, 6) is 0.843. The van der Waals surface area contributed by atoms with Crippen molar-refractivity contribution in [3.8, 4) is 0 Å². The zero-order valence-corrected chi connectivity index (χ0v) is 14.4. The highest BCUT2D eigenvalue weighted by molar-refractivity contribution is 4.62. The van der Waals surface area contributed by atoms with Crippen LogP contribution < -0.4 is 0 Å². The normalized spacial score (nSPS) is 11.3. The molecule has 0 radical (unpaired) electrons. The highest BCUT2D eigenvalue weighted by Gasteiger charge is 2.11. The third-order valence-corrected chi connectivity index (χ3v) is 2.98. The van der Waals surface area contributed by atoms with Crippen LogP contribution in [0.25, 0.3) is 0 Å². The second-order valence-electron chi connectivity index (χ2n) is 7.28. The van der Waals surface area contributed by atoms with Crippen molar-refractivity contribution in [2.45, 2.75) is 106 Å². The average Bonchev–Trinajstić information content (AvgIpc) is 2.20. The van der Waals surface area contributed by atoms with Crippen LogP contribution in [-0.2, 0) is 0 Å². The third-order valence-electron chi connectivity index (χ3n) is 2.98. The fourth-order valence-corrected chi connectivity index (χ4v) is 2.43. The van der Waals surface area contributed by atoms with Crippen molar-refractivity contribution in [1.82, 2.24) is 0 Å². The molecule has 0 saturated carbocycles. The fourth-order valence-electron chi connectivity index (χ4n) is 2.43. The summed E-state index contributed by atoms with van der Waals surface area (Å²) in [4.78, 5) is 0. The Balaban J connectivity index is 0. The Hall–Kier alpha value is 0. The third kappa shape index (κ3) is 25.0. The van der Waals surface area contributed by atoms with Crippen LogP contribution in [0.15, 0.2) is 0 Å². The van der Waals surface area contributed by atoms with Crippen LogP contribution in [0.4, 0.5) is 0 Å². The molecule has 18 heavy (non-hydrogen) atoms. The van der Waals surface area contributed by atoms with Gasteiger partial charge in [0.1, 0.15) is 0 Å². The second-order valence-corrected chi connectivity index (χ2v) is 7.28. The van der Waals surface area contributed by atoms with Gasteiger partial charge >= 0.3 is 0 Å². The molecule has 112 valence electrons. The molecule has 0 amide bonds. The van der Waals surface area contributed by atoms with Crippen LogP contribution in [0.5, 0.6) is 0 Å². The largest absolute Gasteiger partial charge is 0.0654 e. The summed E-state index contributed by atoms with van der Waals surface area (Å²) in [6.45, 7) is 15.9. The molecule has 0 aliphatic heterocycles. The zero-order valence-electron chi connectivity index (χ0n) is 14.4. The molecule has 0 aliphatic carbocycles. The predicted molar refractivity (Wildman–Crippen MR) is 87.2 cm³/mol. The molecule has 0 aromatic heterocycles. The summed E-state index contributed by atoms with van der Waals surface area (Å²) < 4.78 is 0. The van der Waals surface area contributed by atoms with E-state index in [2.05, 4.69) is 48.5 Å². The molecule has 0 rings (SSSR count). The van der Waals surface area contributed by atoms with Gasteiger partial charge in [-0.15, -0.1) is 0 Å². The lowest BCUT2D eigenvalue weighted by Gasteiger charge is -2.19. The van der Waals surface area contributed by atoms with Crippen molar-refractivity contribution >= 4 is 0 Å². The van der Waals surface area contributed by atoms with E-state index in [9.17, 15) is 0 Å². The molecule has 0 aromatic carbocycles. The van der Waals surface area contributed by atoms with Gasteiger partial charge in [-0.25, -0.2) is 0 Å². The smallest absolute Gasteiger partial charge is 0.0380 e. The molecule has 0 nitrogen and oxygen atoms in total. The van der Waals surface area contributed by atoms with E-state index in [1.807, 2.05) is 0 Å². The number of hydrogen-bond acceptors (Lipinski definition) is 0. The van der Waals surface area contributed by atoms with E-state index in [-0.39, 0.29) is 0 Å². The summed E-state index contributed by atoms with van der Waals surface area (Å²) in [6.07, 6.45) is 12.8. The minimum Gasteiger partial charge on any atom is -0.0654 e. The van der Waals surface area contributed by atoms with Gasteiger partial charge < -0.3 is 0 Å². The highest BCUT2D eigenvalue weighted by Crippen LogP contribution is 2.23. The Kier molecular flexibility index (Phi) is 15.2. The molecule has 0 unspecified atom stereocenters. The number of rotatable bonds is 8. The molecule has 0 atom stereocenters. The summed E-state index contributed by atoms with van der Waals surface area (Å²) in [5.41, 5.74) is 0.522. The molecule has 0 saturated heterocycles. The van der Waals surface area contributed by atoms with Crippen LogP contribution in [0, 0.1) is 11.3 Å². The topological polar surface area (TPSA) is 0 Å². The molecule has 0 aliphatic rings. The molecule has 0 N–H and O–H groups in total.